The lowest BCUT2D eigenvalue weighted by molar-refractivity contribution is -0.445. The Kier molecular flexibility index (Phi) is 2.73. The molecule has 0 aliphatic rings. The Morgan fingerprint density at radius 3 is 2.17 bits per heavy atom. The third-order valence-corrected chi connectivity index (χ3v) is 1.52. The number of anilines is 1. The Bertz CT molecular complexity index is 296. The summed E-state index contributed by atoms with van der Waals surface area (Å²) in [6, 6.07) is 4.32. The van der Waals surface area contributed by atoms with E-state index < -0.39 is 5.03 Å². The smallest absolute Gasteiger partial charge is 0.162 e. The van der Waals surface area contributed by atoms with Crippen LogP contribution in [0.2, 0.25) is 10.0 Å². The third kappa shape index (κ3) is 2.56. The van der Waals surface area contributed by atoms with Gasteiger partial charge in [-0.05, 0) is 18.2 Å². The van der Waals surface area contributed by atoms with Gasteiger partial charge in [-0.15, -0.1) is 5.43 Å². The van der Waals surface area contributed by atoms with Crippen LogP contribution in [0.25, 0.3) is 0 Å². The fourth-order valence-electron chi connectivity index (χ4n) is 0.724. The van der Waals surface area contributed by atoms with Crippen LogP contribution in [0.3, 0.4) is 0 Å². The molecule has 4 nitrogen and oxygen atoms in total. The molecule has 0 amide bonds. The van der Waals surface area contributed by atoms with Crippen molar-refractivity contribution < 1.29 is 5.03 Å². The number of halogens is 2. The van der Waals surface area contributed by atoms with E-state index in [0.29, 0.717) is 10.0 Å². The number of hydrazine groups is 1. The normalized spacial score (nSPS) is 9.50. The van der Waals surface area contributed by atoms with E-state index in [1.165, 1.54) is 18.2 Å². The topological polar surface area (TPSA) is 55.2 Å². The first-order chi connectivity index (χ1) is 5.58. The molecule has 0 heterocycles. The second-order valence-corrected chi connectivity index (χ2v) is 2.90. The fraction of sp³-hybridized carbons (Fsp3) is 0. The first kappa shape index (κ1) is 9.09. The highest BCUT2D eigenvalue weighted by atomic mass is 35.5. The van der Waals surface area contributed by atoms with Crippen LogP contribution in [0.1, 0.15) is 0 Å². The van der Waals surface area contributed by atoms with Crippen molar-refractivity contribution in [3.8, 4) is 0 Å². The Morgan fingerprint density at radius 1 is 1.25 bits per heavy atom. The molecule has 0 aliphatic carbocycles. The Hall–Kier alpha value is -1.000. The van der Waals surface area contributed by atoms with Gasteiger partial charge >= 0.3 is 0 Å². The predicted octanol–water partition coefficient (Wildman–Crippen LogP) is 2.60. The van der Waals surface area contributed by atoms with Crippen LogP contribution in [0.5, 0.6) is 0 Å². The van der Waals surface area contributed by atoms with Crippen molar-refractivity contribution in [1.29, 1.82) is 0 Å². The van der Waals surface area contributed by atoms with E-state index in [1.54, 1.807) is 0 Å². The van der Waals surface area contributed by atoms with Crippen LogP contribution >= 0.6 is 23.2 Å². The SMILES string of the molecule is O=[N+]([O-])Nc1cc(Cl)cc(Cl)c1. The van der Waals surface area contributed by atoms with Crippen molar-refractivity contribution in [2.45, 2.75) is 0 Å². The summed E-state index contributed by atoms with van der Waals surface area (Å²) in [5.74, 6) is 0. The van der Waals surface area contributed by atoms with Gasteiger partial charge in [-0.1, -0.05) is 23.2 Å². The van der Waals surface area contributed by atoms with Gasteiger partial charge in [0.25, 0.3) is 0 Å². The molecule has 0 bridgehead atoms. The summed E-state index contributed by atoms with van der Waals surface area (Å²) in [6.45, 7) is 0. The van der Waals surface area contributed by atoms with Crippen LogP contribution in [0, 0.1) is 10.1 Å². The molecule has 6 heteroatoms. The van der Waals surface area contributed by atoms with Crippen LogP contribution in [-0.4, -0.2) is 5.03 Å². The van der Waals surface area contributed by atoms with E-state index in [0.717, 1.165) is 0 Å². The average molecular weight is 207 g/mol. The lowest BCUT2D eigenvalue weighted by Gasteiger charge is -1.98. The van der Waals surface area contributed by atoms with Gasteiger partial charge in [-0.25, -0.2) is 10.1 Å². The van der Waals surface area contributed by atoms with Crippen LogP contribution < -0.4 is 5.43 Å². The number of nitrogens with one attached hydrogen (secondary N) is 1. The Balaban J connectivity index is 2.93. The Morgan fingerprint density at radius 2 is 1.75 bits per heavy atom. The molecule has 0 fully saturated rings. The van der Waals surface area contributed by atoms with E-state index in [1.807, 2.05) is 5.43 Å². The van der Waals surface area contributed by atoms with Gasteiger partial charge < -0.3 is 0 Å². The fourth-order valence-corrected chi connectivity index (χ4v) is 1.25. The second-order valence-electron chi connectivity index (χ2n) is 2.03. The molecule has 0 atom stereocenters. The summed E-state index contributed by atoms with van der Waals surface area (Å²) < 4.78 is 0. The molecule has 0 unspecified atom stereocenters. The molecule has 0 spiro atoms. The molecule has 0 saturated heterocycles. The van der Waals surface area contributed by atoms with Gasteiger partial charge in [0.1, 0.15) is 5.69 Å². The van der Waals surface area contributed by atoms with E-state index in [2.05, 4.69) is 0 Å². The summed E-state index contributed by atoms with van der Waals surface area (Å²) in [6.07, 6.45) is 0. The predicted molar refractivity (Wildman–Crippen MR) is 47.1 cm³/mol. The zero-order valence-electron chi connectivity index (χ0n) is 5.75. The maximum absolute atomic E-state index is 10.00. The maximum Gasteiger partial charge on any atom is 0.162 e. The highest BCUT2D eigenvalue weighted by Gasteiger charge is 2.01. The number of rotatable bonds is 2. The average Bonchev–Trinajstić information content (AvgIpc) is 1.81. The van der Waals surface area contributed by atoms with Gasteiger partial charge in [0.2, 0.25) is 0 Å². The monoisotopic (exact) mass is 206 g/mol. The Labute approximate surface area is 78.2 Å². The lowest BCUT2D eigenvalue weighted by atomic mass is 10.3. The number of hydrogen-bond acceptors (Lipinski definition) is 2. The van der Waals surface area contributed by atoms with Gasteiger partial charge in [-0.3, -0.25) is 0 Å². The molecule has 0 aromatic heterocycles. The zero-order chi connectivity index (χ0) is 9.14. The molecule has 64 valence electrons. The molecule has 1 rings (SSSR count). The number of nitro groups is 1. The van der Waals surface area contributed by atoms with Gasteiger partial charge in [-0.2, -0.15) is 0 Å². The summed E-state index contributed by atoms with van der Waals surface area (Å²) in [4.78, 5) is 10.00. The lowest BCUT2D eigenvalue weighted by Crippen LogP contribution is -2.07. The van der Waals surface area contributed by atoms with Crippen molar-refractivity contribution in [3.05, 3.63) is 38.4 Å². The van der Waals surface area contributed by atoms with Crippen molar-refractivity contribution >= 4 is 28.9 Å². The van der Waals surface area contributed by atoms with E-state index >= 15 is 0 Å². The van der Waals surface area contributed by atoms with Crippen molar-refractivity contribution in [3.63, 3.8) is 0 Å². The molecule has 12 heavy (non-hydrogen) atoms. The summed E-state index contributed by atoms with van der Waals surface area (Å²) >= 11 is 11.2. The molecule has 0 saturated carbocycles. The highest BCUT2D eigenvalue weighted by Crippen LogP contribution is 2.22. The summed E-state index contributed by atoms with van der Waals surface area (Å²) in [5.41, 5.74) is 2.20. The zero-order valence-corrected chi connectivity index (χ0v) is 7.26. The van der Waals surface area contributed by atoms with Gasteiger partial charge in [0.05, 0.1) is 0 Å². The highest BCUT2D eigenvalue weighted by molar-refractivity contribution is 6.35. The minimum atomic E-state index is -0.679. The first-order valence-corrected chi connectivity index (χ1v) is 3.70. The summed E-state index contributed by atoms with van der Waals surface area (Å²) in [7, 11) is 0. The minimum absolute atomic E-state index is 0.262. The molecule has 0 aliphatic heterocycles. The first-order valence-electron chi connectivity index (χ1n) is 2.95. The largest absolute Gasteiger partial charge is 0.235 e. The number of benzene rings is 1. The van der Waals surface area contributed by atoms with Crippen LogP contribution in [-0.2, 0) is 0 Å². The molecule has 1 aromatic carbocycles. The third-order valence-electron chi connectivity index (χ3n) is 1.08. The minimum Gasteiger partial charge on any atom is -0.235 e. The maximum atomic E-state index is 10.00. The molecule has 0 radical (unpaired) electrons. The van der Waals surface area contributed by atoms with E-state index in [4.69, 9.17) is 23.2 Å². The van der Waals surface area contributed by atoms with Crippen LogP contribution in [0.15, 0.2) is 18.2 Å². The molecule has 1 aromatic rings. The number of nitrogens with zero attached hydrogens (tertiary/aromatic N) is 1. The summed E-state index contributed by atoms with van der Waals surface area (Å²) in [5, 5.41) is 10.0. The van der Waals surface area contributed by atoms with Gasteiger partial charge in [0.15, 0.2) is 5.03 Å². The van der Waals surface area contributed by atoms with E-state index in [-0.39, 0.29) is 5.69 Å². The van der Waals surface area contributed by atoms with Crippen molar-refractivity contribution in [2.75, 3.05) is 5.43 Å². The van der Waals surface area contributed by atoms with E-state index in [9.17, 15) is 10.1 Å². The molecular formula is C6H4Cl2N2O2. The van der Waals surface area contributed by atoms with Crippen molar-refractivity contribution in [1.82, 2.24) is 0 Å². The van der Waals surface area contributed by atoms with Crippen molar-refractivity contribution in [2.24, 2.45) is 0 Å². The quantitative estimate of drug-likeness (QED) is 0.598. The molecule has 1 N–H and O–H groups in total. The van der Waals surface area contributed by atoms with Gasteiger partial charge in [0, 0.05) is 10.0 Å². The second kappa shape index (κ2) is 3.60. The van der Waals surface area contributed by atoms with Crippen LogP contribution in [0.4, 0.5) is 5.69 Å². The molecular weight excluding hydrogens is 203 g/mol. The standard InChI is InChI=1S/C6H4Cl2N2O2/c7-4-1-5(8)3-6(2-4)9-10(11)12/h1-3,9H. The number of hydrogen-bond donors (Lipinski definition) is 1.